The Hall–Kier alpha value is -5.49. The second kappa shape index (κ2) is 14.1. The Kier molecular flexibility index (Phi) is 9.78. The highest BCUT2D eigenvalue weighted by molar-refractivity contribution is 6.29. The van der Waals surface area contributed by atoms with Crippen LogP contribution in [0.3, 0.4) is 0 Å². The molecular weight excluding hydrogens is 554 g/mol. The van der Waals surface area contributed by atoms with Gasteiger partial charge in [0.15, 0.2) is 5.82 Å². The molecule has 0 amide bonds. The van der Waals surface area contributed by atoms with Gasteiger partial charge in [-0.2, -0.15) is 10.2 Å². The monoisotopic (exact) mass is 576 g/mol. The summed E-state index contributed by atoms with van der Waals surface area (Å²) in [5.74, 6) is 1.34. The molecule has 41 heavy (non-hydrogen) atoms. The number of hydrogen-bond donors (Lipinski definition) is 3. The predicted octanol–water partition coefficient (Wildman–Crippen LogP) is 6.44. The Balaban J connectivity index is 0.000000164. The fourth-order valence-corrected chi connectivity index (χ4v) is 3.23. The van der Waals surface area contributed by atoms with Crippen LogP contribution in [0.25, 0.3) is 5.82 Å². The molecule has 208 valence electrons. The van der Waals surface area contributed by atoms with Crippen molar-refractivity contribution in [3.63, 3.8) is 0 Å². The van der Waals surface area contributed by atoms with Crippen molar-refractivity contribution in [1.29, 1.82) is 0 Å². The third-order valence-electron chi connectivity index (χ3n) is 4.98. The first-order valence-corrected chi connectivity index (χ1v) is 12.2. The molecule has 2 aromatic carbocycles. The summed E-state index contributed by atoms with van der Waals surface area (Å²) in [6.45, 7) is 0. The van der Waals surface area contributed by atoms with Gasteiger partial charge >= 0.3 is 0 Å². The fourth-order valence-electron chi connectivity index (χ4n) is 3.07. The Labute approximate surface area is 238 Å². The van der Waals surface area contributed by atoms with Gasteiger partial charge in [-0.1, -0.05) is 11.6 Å². The number of hydrogen-bond acceptors (Lipinski definition) is 8. The Morgan fingerprint density at radius 2 is 1.32 bits per heavy atom. The molecule has 0 aliphatic carbocycles. The lowest BCUT2D eigenvalue weighted by Gasteiger charge is -2.08. The van der Waals surface area contributed by atoms with Gasteiger partial charge in [-0.3, -0.25) is 5.10 Å². The number of aromatic nitrogens is 6. The SMILES string of the molecule is Nc1ccc(Oc2ccnc(-n3cccn3)c2)cc1F.Nc1ccc(Oc2ccnc(Cl)c2)cc1F.c1cn[nH]c1. The molecule has 0 atom stereocenters. The fraction of sp³-hybridized carbons (Fsp3) is 0. The van der Waals surface area contributed by atoms with Crippen molar-refractivity contribution in [1.82, 2.24) is 29.9 Å². The molecule has 4 aromatic heterocycles. The van der Waals surface area contributed by atoms with Crippen LogP contribution in [0.2, 0.25) is 5.15 Å². The molecule has 10 nitrogen and oxygen atoms in total. The van der Waals surface area contributed by atoms with Gasteiger partial charge in [-0.25, -0.2) is 23.4 Å². The van der Waals surface area contributed by atoms with Crippen molar-refractivity contribution >= 4 is 23.0 Å². The smallest absolute Gasteiger partial charge is 0.156 e. The maximum atomic E-state index is 13.4. The number of rotatable bonds is 5. The molecule has 13 heteroatoms. The Morgan fingerprint density at radius 1 is 0.707 bits per heavy atom. The third-order valence-corrected chi connectivity index (χ3v) is 5.18. The number of pyridine rings is 2. The van der Waals surface area contributed by atoms with Crippen molar-refractivity contribution in [3.05, 3.63) is 127 Å². The quantitative estimate of drug-likeness (QED) is 0.157. The molecule has 0 spiro atoms. The van der Waals surface area contributed by atoms with E-state index in [0.717, 1.165) is 0 Å². The number of H-pyrrole nitrogens is 1. The predicted molar refractivity (Wildman–Crippen MR) is 151 cm³/mol. The van der Waals surface area contributed by atoms with E-state index in [1.54, 1.807) is 72.1 Å². The van der Waals surface area contributed by atoms with Gasteiger partial charge in [0.25, 0.3) is 0 Å². The molecule has 0 fully saturated rings. The first-order chi connectivity index (χ1) is 19.9. The molecule has 0 aliphatic rings. The summed E-state index contributed by atoms with van der Waals surface area (Å²) < 4.78 is 39.0. The van der Waals surface area contributed by atoms with E-state index in [-0.39, 0.29) is 11.4 Å². The molecule has 0 saturated carbocycles. The van der Waals surface area contributed by atoms with Crippen molar-refractivity contribution in [2.24, 2.45) is 0 Å². The molecule has 0 bridgehead atoms. The molecule has 0 radical (unpaired) electrons. The third kappa shape index (κ3) is 8.76. The minimum absolute atomic E-state index is 0.0834. The number of aromatic amines is 1. The summed E-state index contributed by atoms with van der Waals surface area (Å²) in [6, 6.07) is 18.7. The number of nitrogens with two attached hydrogens (primary N) is 2. The molecular formula is C28H23ClF2N8O2. The molecule has 6 rings (SSSR count). The second-order valence-electron chi connectivity index (χ2n) is 7.95. The van der Waals surface area contributed by atoms with Crippen LogP contribution in [-0.2, 0) is 0 Å². The van der Waals surface area contributed by atoms with Crippen molar-refractivity contribution in [2.75, 3.05) is 11.5 Å². The lowest BCUT2D eigenvalue weighted by molar-refractivity contribution is 0.475. The summed E-state index contributed by atoms with van der Waals surface area (Å²) in [6.07, 6.45) is 9.99. The van der Waals surface area contributed by atoms with Crippen molar-refractivity contribution in [2.45, 2.75) is 0 Å². The topological polar surface area (TPSA) is 143 Å². The van der Waals surface area contributed by atoms with Gasteiger partial charge in [0.05, 0.1) is 11.4 Å². The van der Waals surface area contributed by atoms with Gasteiger partial charge in [-0.05, 0) is 48.5 Å². The summed E-state index contributed by atoms with van der Waals surface area (Å²) in [4.78, 5) is 7.99. The second-order valence-corrected chi connectivity index (χ2v) is 8.34. The van der Waals surface area contributed by atoms with Gasteiger partial charge in [0.2, 0.25) is 0 Å². The number of nitrogens with zero attached hydrogens (tertiary/aromatic N) is 5. The van der Waals surface area contributed by atoms with Gasteiger partial charge in [-0.15, -0.1) is 0 Å². The summed E-state index contributed by atoms with van der Waals surface area (Å²) in [5, 5.41) is 10.6. The minimum atomic E-state index is -0.516. The van der Waals surface area contributed by atoms with E-state index in [9.17, 15) is 8.78 Å². The van der Waals surface area contributed by atoms with E-state index in [4.69, 9.17) is 32.5 Å². The van der Waals surface area contributed by atoms with Crippen LogP contribution in [0.5, 0.6) is 23.0 Å². The number of nitrogens with one attached hydrogen (secondary N) is 1. The molecule has 5 N–H and O–H groups in total. The van der Waals surface area contributed by atoms with Crippen LogP contribution in [0.4, 0.5) is 20.2 Å². The standard InChI is InChI=1S/C14H11FN4O.C11H8ClFN2O.C3H4N2/c15-12-8-10(2-3-13(12)16)20-11-4-6-17-14(9-11)19-7-1-5-18-19;12-11-6-8(3-4-15-11)16-7-1-2-10(14)9(13)5-7;1-2-4-5-3-1/h1-9H,16H2;1-6H,14H2;1-3H,(H,4,5). The number of nitrogen functional groups attached to an aromatic ring is 2. The van der Waals surface area contributed by atoms with E-state index in [0.29, 0.717) is 34.0 Å². The molecule has 0 aliphatic heterocycles. The van der Waals surface area contributed by atoms with Crippen LogP contribution in [-0.4, -0.2) is 29.9 Å². The zero-order valence-corrected chi connectivity index (χ0v) is 22.0. The highest BCUT2D eigenvalue weighted by Gasteiger charge is 2.05. The Morgan fingerprint density at radius 3 is 1.80 bits per heavy atom. The number of ether oxygens (including phenoxy) is 2. The maximum absolute atomic E-state index is 13.4. The summed E-state index contributed by atoms with van der Waals surface area (Å²) in [7, 11) is 0. The molecule has 6 aromatic rings. The van der Waals surface area contributed by atoms with E-state index < -0.39 is 11.6 Å². The summed E-state index contributed by atoms with van der Waals surface area (Å²) >= 11 is 5.68. The lowest BCUT2D eigenvalue weighted by Crippen LogP contribution is -1.98. The number of halogens is 3. The van der Waals surface area contributed by atoms with Crippen LogP contribution in [0.15, 0.2) is 110 Å². The zero-order chi connectivity index (χ0) is 29.0. The van der Waals surface area contributed by atoms with Crippen LogP contribution in [0.1, 0.15) is 0 Å². The van der Waals surface area contributed by atoms with Crippen LogP contribution >= 0.6 is 11.6 Å². The van der Waals surface area contributed by atoms with Crippen molar-refractivity contribution < 1.29 is 18.3 Å². The van der Waals surface area contributed by atoms with E-state index >= 15 is 0 Å². The summed E-state index contributed by atoms with van der Waals surface area (Å²) in [5.41, 5.74) is 10.9. The van der Waals surface area contributed by atoms with Gasteiger partial charge < -0.3 is 20.9 Å². The minimum Gasteiger partial charge on any atom is -0.457 e. The largest absolute Gasteiger partial charge is 0.457 e. The highest BCUT2D eigenvalue weighted by atomic mass is 35.5. The maximum Gasteiger partial charge on any atom is 0.156 e. The average molecular weight is 577 g/mol. The van der Waals surface area contributed by atoms with Gasteiger partial charge in [0.1, 0.15) is 39.8 Å². The van der Waals surface area contributed by atoms with E-state index in [2.05, 4.69) is 25.3 Å². The molecule has 4 heterocycles. The number of anilines is 2. The normalized spacial score (nSPS) is 10.0. The van der Waals surface area contributed by atoms with Gasteiger partial charge in [0, 0.05) is 61.4 Å². The van der Waals surface area contributed by atoms with Crippen LogP contribution < -0.4 is 20.9 Å². The average Bonchev–Trinajstić information content (AvgIpc) is 3.71. The number of benzene rings is 2. The first-order valence-electron chi connectivity index (χ1n) is 11.8. The Bertz CT molecular complexity index is 1650. The van der Waals surface area contributed by atoms with Crippen molar-refractivity contribution in [3.8, 4) is 28.8 Å². The highest BCUT2D eigenvalue weighted by Crippen LogP contribution is 2.26. The van der Waals surface area contributed by atoms with E-state index in [1.165, 1.54) is 36.5 Å². The first kappa shape index (κ1) is 28.5. The molecule has 0 saturated heterocycles. The van der Waals surface area contributed by atoms with Crippen LogP contribution in [0, 0.1) is 11.6 Å². The van der Waals surface area contributed by atoms with E-state index in [1.807, 2.05) is 6.07 Å². The zero-order valence-electron chi connectivity index (χ0n) is 21.2. The lowest BCUT2D eigenvalue weighted by atomic mass is 10.3. The molecule has 0 unspecified atom stereocenters.